The van der Waals surface area contributed by atoms with Crippen molar-refractivity contribution in [1.29, 1.82) is 0 Å². The highest BCUT2D eigenvalue weighted by atomic mass is 32.2. The lowest BCUT2D eigenvalue weighted by Gasteiger charge is -2.30. The van der Waals surface area contributed by atoms with E-state index in [4.69, 9.17) is 9.73 Å². The minimum Gasteiger partial charge on any atom is -0.496 e. The molecule has 1 aliphatic carbocycles. The average molecular weight is 410 g/mol. The minimum absolute atomic E-state index is 0.00898. The number of ether oxygens (including phenoxy) is 1. The molecule has 0 saturated heterocycles. The first-order chi connectivity index (χ1) is 13.3. The molecular formula is C21H35N3O3S. The standard InChI is InChI=1S/C21H35N3O3S/c1-5-22-20(24-17(2)12-15-28(4,25)26)23-16-21(13-8-9-14-21)18-10-6-7-11-19(18)27-3/h6-7,10-11,17H,5,8-9,12-16H2,1-4H3,(H2,22,23,24). The predicted molar refractivity (Wildman–Crippen MR) is 116 cm³/mol. The number of hydrogen-bond donors (Lipinski definition) is 2. The van der Waals surface area contributed by atoms with E-state index in [1.165, 1.54) is 24.7 Å². The zero-order chi connectivity index (χ0) is 20.6. The van der Waals surface area contributed by atoms with E-state index in [2.05, 4.69) is 22.8 Å². The Kier molecular flexibility index (Phi) is 8.16. The molecule has 1 aromatic carbocycles. The molecule has 2 rings (SSSR count). The van der Waals surface area contributed by atoms with E-state index in [1.54, 1.807) is 7.11 Å². The quantitative estimate of drug-likeness (QED) is 0.484. The van der Waals surface area contributed by atoms with Crippen LogP contribution in [0.25, 0.3) is 0 Å². The largest absolute Gasteiger partial charge is 0.496 e. The van der Waals surface area contributed by atoms with Crippen LogP contribution >= 0.6 is 0 Å². The molecule has 0 aromatic heterocycles. The van der Waals surface area contributed by atoms with Crippen LogP contribution in [0.4, 0.5) is 0 Å². The first-order valence-electron chi connectivity index (χ1n) is 10.2. The molecule has 0 radical (unpaired) electrons. The van der Waals surface area contributed by atoms with Gasteiger partial charge in [0.05, 0.1) is 19.4 Å². The molecule has 158 valence electrons. The number of sulfone groups is 1. The Balaban J connectivity index is 2.16. The van der Waals surface area contributed by atoms with Gasteiger partial charge in [-0.25, -0.2) is 8.42 Å². The smallest absolute Gasteiger partial charge is 0.191 e. The maximum atomic E-state index is 11.4. The number of hydrogen-bond acceptors (Lipinski definition) is 4. The summed E-state index contributed by atoms with van der Waals surface area (Å²) in [6, 6.07) is 8.28. The highest BCUT2D eigenvalue weighted by Gasteiger charge is 2.37. The third-order valence-electron chi connectivity index (χ3n) is 5.43. The Labute approximate surface area is 170 Å². The van der Waals surface area contributed by atoms with E-state index in [-0.39, 0.29) is 17.2 Å². The number of guanidine groups is 1. The Bertz CT molecular complexity index is 756. The van der Waals surface area contributed by atoms with Gasteiger partial charge in [-0.15, -0.1) is 0 Å². The van der Waals surface area contributed by atoms with Crippen molar-refractivity contribution in [2.24, 2.45) is 4.99 Å². The van der Waals surface area contributed by atoms with Crippen LogP contribution in [-0.4, -0.2) is 52.6 Å². The van der Waals surface area contributed by atoms with Crippen molar-refractivity contribution < 1.29 is 13.2 Å². The van der Waals surface area contributed by atoms with Gasteiger partial charge in [0, 0.05) is 29.8 Å². The van der Waals surface area contributed by atoms with Crippen LogP contribution in [0.5, 0.6) is 5.75 Å². The summed E-state index contributed by atoms with van der Waals surface area (Å²) in [5.74, 6) is 1.84. The molecule has 0 spiro atoms. The highest BCUT2D eigenvalue weighted by molar-refractivity contribution is 7.90. The van der Waals surface area contributed by atoms with E-state index < -0.39 is 9.84 Å². The van der Waals surface area contributed by atoms with Crippen LogP contribution < -0.4 is 15.4 Å². The third-order valence-corrected chi connectivity index (χ3v) is 6.41. The van der Waals surface area contributed by atoms with Gasteiger partial charge in [-0.3, -0.25) is 4.99 Å². The summed E-state index contributed by atoms with van der Waals surface area (Å²) in [7, 11) is -1.24. The first-order valence-corrected chi connectivity index (χ1v) is 12.2. The van der Waals surface area contributed by atoms with Gasteiger partial charge in [0.1, 0.15) is 15.6 Å². The Hall–Kier alpha value is -1.76. The van der Waals surface area contributed by atoms with Crippen LogP contribution in [0.2, 0.25) is 0 Å². The molecule has 28 heavy (non-hydrogen) atoms. The second-order valence-corrected chi connectivity index (χ2v) is 10.1. The molecule has 1 unspecified atom stereocenters. The van der Waals surface area contributed by atoms with Crippen molar-refractivity contribution in [1.82, 2.24) is 10.6 Å². The van der Waals surface area contributed by atoms with Gasteiger partial charge in [0.2, 0.25) is 0 Å². The van der Waals surface area contributed by atoms with Crippen molar-refractivity contribution in [3.05, 3.63) is 29.8 Å². The zero-order valence-corrected chi connectivity index (χ0v) is 18.4. The van der Waals surface area contributed by atoms with Gasteiger partial charge in [0.15, 0.2) is 5.96 Å². The van der Waals surface area contributed by atoms with Gasteiger partial charge in [-0.1, -0.05) is 31.0 Å². The van der Waals surface area contributed by atoms with Crippen LogP contribution in [0, 0.1) is 0 Å². The molecule has 6 nitrogen and oxygen atoms in total. The van der Waals surface area contributed by atoms with Gasteiger partial charge in [-0.2, -0.15) is 0 Å². The second-order valence-electron chi connectivity index (χ2n) is 7.85. The highest BCUT2D eigenvalue weighted by Crippen LogP contribution is 2.44. The molecule has 1 aliphatic rings. The number of nitrogens with one attached hydrogen (secondary N) is 2. The molecule has 2 N–H and O–H groups in total. The average Bonchev–Trinajstić information content (AvgIpc) is 3.14. The lowest BCUT2D eigenvalue weighted by atomic mass is 9.78. The molecule has 0 amide bonds. The first kappa shape index (κ1) is 22.5. The van der Waals surface area contributed by atoms with Crippen LogP contribution in [-0.2, 0) is 15.3 Å². The molecule has 0 bridgehead atoms. The maximum absolute atomic E-state index is 11.4. The summed E-state index contributed by atoms with van der Waals surface area (Å²) in [6.45, 7) is 5.46. The molecule has 0 heterocycles. The minimum atomic E-state index is -2.96. The van der Waals surface area contributed by atoms with Crippen molar-refractivity contribution in [3.8, 4) is 5.75 Å². The van der Waals surface area contributed by atoms with Crippen LogP contribution in [0.1, 0.15) is 51.5 Å². The summed E-state index contributed by atoms with van der Waals surface area (Å²) in [4.78, 5) is 4.89. The summed E-state index contributed by atoms with van der Waals surface area (Å²) in [5.41, 5.74) is 1.23. The number of aliphatic imine (C=N–C) groups is 1. The van der Waals surface area contributed by atoms with Crippen molar-refractivity contribution in [3.63, 3.8) is 0 Å². The number of nitrogens with zero attached hydrogens (tertiary/aromatic N) is 1. The van der Waals surface area contributed by atoms with E-state index in [1.807, 2.05) is 26.0 Å². The number of para-hydroxylation sites is 1. The van der Waals surface area contributed by atoms with E-state index >= 15 is 0 Å². The molecule has 1 aromatic rings. The molecule has 7 heteroatoms. The van der Waals surface area contributed by atoms with Crippen molar-refractivity contribution in [2.75, 3.05) is 32.2 Å². The topological polar surface area (TPSA) is 79.8 Å². The summed E-state index contributed by atoms with van der Waals surface area (Å²) in [5, 5.41) is 6.65. The monoisotopic (exact) mass is 409 g/mol. The zero-order valence-electron chi connectivity index (χ0n) is 17.6. The SMILES string of the molecule is CCNC(=NCC1(c2ccccc2OC)CCCC1)NC(C)CCS(C)(=O)=O. The van der Waals surface area contributed by atoms with Crippen LogP contribution in [0.3, 0.4) is 0 Å². The van der Waals surface area contributed by atoms with Gasteiger partial charge in [0.25, 0.3) is 0 Å². The fourth-order valence-corrected chi connectivity index (χ4v) is 4.68. The van der Waals surface area contributed by atoms with Crippen LogP contribution in [0.15, 0.2) is 29.3 Å². The fourth-order valence-electron chi connectivity index (χ4n) is 3.89. The molecule has 1 fully saturated rings. The van der Waals surface area contributed by atoms with Gasteiger partial charge in [-0.05, 0) is 39.2 Å². The molecule has 1 saturated carbocycles. The lowest BCUT2D eigenvalue weighted by Crippen LogP contribution is -2.43. The van der Waals surface area contributed by atoms with Gasteiger partial charge < -0.3 is 15.4 Å². The third kappa shape index (κ3) is 6.40. The number of methoxy groups -OCH3 is 1. The summed E-state index contributed by atoms with van der Waals surface area (Å²) < 4.78 is 28.5. The van der Waals surface area contributed by atoms with Crippen molar-refractivity contribution >= 4 is 15.8 Å². The molecular weight excluding hydrogens is 374 g/mol. The second kappa shape index (κ2) is 10.1. The molecule has 1 atom stereocenters. The maximum Gasteiger partial charge on any atom is 0.191 e. The Morgan fingerprint density at radius 3 is 2.57 bits per heavy atom. The van der Waals surface area contributed by atoms with E-state index in [0.29, 0.717) is 13.0 Å². The van der Waals surface area contributed by atoms with E-state index in [9.17, 15) is 8.42 Å². The van der Waals surface area contributed by atoms with E-state index in [0.717, 1.165) is 31.1 Å². The lowest BCUT2D eigenvalue weighted by molar-refractivity contribution is 0.377. The number of benzene rings is 1. The fraction of sp³-hybridized carbons (Fsp3) is 0.667. The Morgan fingerprint density at radius 2 is 1.96 bits per heavy atom. The Morgan fingerprint density at radius 1 is 1.29 bits per heavy atom. The normalized spacial score (nSPS) is 17.9. The predicted octanol–water partition coefficient (Wildman–Crippen LogP) is 2.89. The summed E-state index contributed by atoms with van der Waals surface area (Å²) >= 11 is 0. The number of rotatable bonds is 9. The van der Waals surface area contributed by atoms with Crippen molar-refractivity contribution in [2.45, 2.75) is 57.4 Å². The van der Waals surface area contributed by atoms with Gasteiger partial charge >= 0.3 is 0 Å². The summed E-state index contributed by atoms with van der Waals surface area (Å²) in [6.07, 6.45) is 6.42. The molecule has 0 aliphatic heterocycles.